The molecule has 23 heavy (non-hydrogen) atoms. The predicted octanol–water partition coefficient (Wildman–Crippen LogP) is 4.07. The molecule has 4 heteroatoms. The first-order valence-corrected chi connectivity index (χ1v) is 8.80. The van der Waals surface area contributed by atoms with Gasteiger partial charge in [0.25, 0.3) is 5.91 Å². The summed E-state index contributed by atoms with van der Waals surface area (Å²) in [4.78, 5) is 12.5. The number of carbonyl (C=O) groups is 1. The number of ether oxygens (including phenoxy) is 2. The Morgan fingerprint density at radius 1 is 1.17 bits per heavy atom. The van der Waals surface area contributed by atoms with Crippen LogP contribution >= 0.6 is 0 Å². The summed E-state index contributed by atoms with van der Waals surface area (Å²) in [6.07, 6.45) is 8.51. The smallest absolute Gasteiger partial charge is 0.251 e. The Kier molecular flexibility index (Phi) is 7.40. The lowest BCUT2D eigenvalue weighted by atomic mass is 9.96. The van der Waals surface area contributed by atoms with E-state index in [2.05, 4.69) is 5.32 Å². The molecule has 1 aliphatic rings. The number of carbonyl (C=O) groups excluding carboxylic acids is 1. The van der Waals surface area contributed by atoms with Gasteiger partial charge in [-0.2, -0.15) is 0 Å². The number of hydrogen-bond acceptors (Lipinski definition) is 3. The van der Waals surface area contributed by atoms with Gasteiger partial charge in [-0.25, -0.2) is 0 Å². The third-order valence-corrected chi connectivity index (χ3v) is 4.44. The van der Waals surface area contributed by atoms with Crippen LogP contribution in [0.3, 0.4) is 0 Å². The molecule has 2 rings (SSSR count). The van der Waals surface area contributed by atoms with Crippen molar-refractivity contribution in [1.29, 1.82) is 0 Å². The van der Waals surface area contributed by atoms with Crippen molar-refractivity contribution in [3.63, 3.8) is 0 Å². The first-order valence-electron chi connectivity index (χ1n) is 8.80. The highest BCUT2D eigenvalue weighted by atomic mass is 16.5. The molecule has 1 aromatic carbocycles. The lowest BCUT2D eigenvalue weighted by molar-refractivity contribution is 0.0929. The van der Waals surface area contributed by atoms with E-state index >= 15 is 0 Å². The summed E-state index contributed by atoms with van der Waals surface area (Å²) in [5, 5.41) is 3.20. The number of rotatable bonds is 6. The SMILES string of the molecule is CCOCc1cc(C(=O)NC2CCCCCCC2)ccc1OC. The lowest BCUT2D eigenvalue weighted by Gasteiger charge is -2.21. The third-order valence-electron chi connectivity index (χ3n) is 4.44. The standard InChI is InChI=1S/C19H29NO3/c1-3-23-14-16-13-15(11-12-18(16)22-2)19(21)20-17-9-7-5-4-6-8-10-17/h11-13,17H,3-10,14H2,1-2H3,(H,20,21). The number of methoxy groups -OCH3 is 1. The van der Waals surface area contributed by atoms with Gasteiger partial charge in [0.15, 0.2) is 0 Å². The van der Waals surface area contributed by atoms with Crippen molar-refractivity contribution in [3.05, 3.63) is 29.3 Å². The topological polar surface area (TPSA) is 47.6 Å². The number of amides is 1. The maximum absolute atomic E-state index is 12.5. The number of nitrogens with one attached hydrogen (secondary N) is 1. The molecule has 4 nitrogen and oxygen atoms in total. The van der Waals surface area contributed by atoms with E-state index in [4.69, 9.17) is 9.47 Å². The summed E-state index contributed by atoms with van der Waals surface area (Å²) in [5.41, 5.74) is 1.60. The van der Waals surface area contributed by atoms with E-state index < -0.39 is 0 Å². The summed E-state index contributed by atoms with van der Waals surface area (Å²) < 4.78 is 10.8. The van der Waals surface area contributed by atoms with Crippen LogP contribution in [0.5, 0.6) is 5.75 Å². The van der Waals surface area contributed by atoms with Gasteiger partial charge in [0, 0.05) is 23.8 Å². The van der Waals surface area contributed by atoms with Crippen LogP contribution in [-0.4, -0.2) is 25.7 Å². The normalized spacial score (nSPS) is 16.4. The molecule has 0 bridgehead atoms. The highest BCUT2D eigenvalue weighted by Crippen LogP contribution is 2.22. The Morgan fingerprint density at radius 3 is 2.52 bits per heavy atom. The van der Waals surface area contributed by atoms with Gasteiger partial charge >= 0.3 is 0 Å². The van der Waals surface area contributed by atoms with Gasteiger partial charge in [-0.3, -0.25) is 4.79 Å². The molecule has 1 fully saturated rings. The number of benzene rings is 1. The fourth-order valence-corrected chi connectivity index (χ4v) is 3.11. The van der Waals surface area contributed by atoms with Crippen molar-refractivity contribution in [3.8, 4) is 5.75 Å². The van der Waals surface area contributed by atoms with Crippen molar-refractivity contribution in [2.24, 2.45) is 0 Å². The Hall–Kier alpha value is -1.55. The van der Waals surface area contributed by atoms with Gasteiger partial charge in [0.05, 0.1) is 13.7 Å². The molecular weight excluding hydrogens is 290 g/mol. The largest absolute Gasteiger partial charge is 0.496 e. The summed E-state index contributed by atoms with van der Waals surface area (Å²) in [6, 6.07) is 5.86. The monoisotopic (exact) mass is 319 g/mol. The van der Waals surface area contributed by atoms with E-state index in [0.717, 1.165) is 24.2 Å². The van der Waals surface area contributed by atoms with Crippen LogP contribution in [-0.2, 0) is 11.3 Å². The van der Waals surface area contributed by atoms with Crippen molar-refractivity contribution in [2.45, 2.75) is 64.5 Å². The van der Waals surface area contributed by atoms with Crippen molar-refractivity contribution in [1.82, 2.24) is 5.32 Å². The Bertz CT molecular complexity index is 493. The van der Waals surface area contributed by atoms with Crippen molar-refractivity contribution < 1.29 is 14.3 Å². The highest BCUT2D eigenvalue weighted by molar-refractivity contribution is 5.94. The maximum atomic E-state index is 12.5. The van der Waals surface area contributed by atoms with E-state index in [0.29, 0.717) is 24.8 Å². The molecule has 0 radical (unpaired) electrons. The molecule has 1 amide bonds. The molecule has 0 saturated heterocycles. The van der Waals surface area contributed by atoms with Crippen LogP contribution in [0, 0.1) is 0 Å². The van der Waals surface area contributed by atoms with Gasteiger partial charge in [-0.15, -0.1) is 0 Å². The summed E-state index contributed by atoms with van der Waals surface area (Å²) in [5.74, 6) is 0.775. The fourth-order valence-electron chi connectivity index (χ4n) is 3.11. The molecule has 0 heterocycles. The van der Waals surface area contributed by atoms with Gasteiger partial charge in [0.1, 0.15) is 5.75 Å². The summed E-state index contributed by atoms with van der Waals surface area (Å²) in [6.45, 7) is 3.06. The second-order valence-electron chi connectivity index (χ2n) is 6.18. The zero-order valence-electron chi connectivity index (χ0n) is 14.4. The summed E-state index contributed by atoms with van der Waals surface area (Å²) in [7, 11) is 1.64. The molecule has 0 aromatic heterocycles. The first-order chi connectivity index (χ1) is 11.2. The van der Waals surface area contributed by atoms with Crippen molar-refractivity contribution >= 4 is 5.91 Å². The Morgan fingerprint density at radius 2 is 1.87 bits per heavy atom. The van der Waals surface area contributed by atoms with Gasteiger partial charge in [-0.1, -0.05) is 32.1 Å². The van der Waals surface area contributed by atoms with Crippen LogP contribution in [0.2, 0.25) is 0 Å². The van der Waals surface area contributed by atoms with Crippen LogP contribution in [0.1, 0.15) is 67.8 Å². The molecule has 1 N–H and O–H groups in total. The van der Waals surface area contributed by atoms with E-state index in [1.807, 2.05) is 25.1 Å². The second kappa shape index (κ2) is 9.56. The quantitative estimate of drug-likeness (QED) is 0.859. The zero-order chi connectivity index (χ0) is 16.5. The molecule has 0 aliphatic heterocycles. The molecule has 1 aliphatic carbocycles. The zero-order valence-corrected chi connectivity index (χ0v) is 14.4. The van der Waals surface area contributed by atoms with Crippen LogP contribution in [0.25, 0.3) is 0 Å². The molecule has 0 spiro atoms. The van der Waals surface area contributed by atoms with Gasteiger partial charge in [0.2, 0.25) is 0 Å². The van der Waals surface area contributed by atoms with E-state index in [1.54, 1.807) is 7.11 Å². The Labute approximate surface area is 139 Å². The van der Waals surface area contributed by atoms with Gasteiger partial charge in [-0.05, 0) is 38.0 Å². The van der Waals surface area contributed by atoms with Crippen LogP contribution in [0.4, 0.5) is 0 Å². The minimum atomic E-state index is 0.0102. The minimum Gasteiger partial charge on any atom is -0.496 e. The van der Waals surface area contributed by atoms with E-state index in [-0.39, 0.29) is 5.91 Å². The second-order valence-corrected chi connectivity index (χ2v) is 6.18. The third kappa shape index (κ3) is 5.54. The average Bonchev–Trinajstić information content (AvgIpc) is 2.54. The minimum absolute atomic E-state index is 0.0102. The highest BCUT2D eigenvalue weighted by Gasteiger charge is 2.16. The lowest BCUT2D eigenvalue weighted by Crippen LogP contribution is -2.35. The number of hydrogen-bond donors (Lipinski definition) is 1. The molecule has 1 saturated carbocycles. The Balaban J connectivity index is 2.02. The van der Waals surface area contributed by atoms with Gasteiger partial charge < -0.3 is 14.8 Å². The fraction of sp³-hybridized carbons (Fsp3) is 0.632. The molecular formula is C19H29NO3. The average molecular weight is 319 g/mol. The molecule has 0 atom stereocenters. The maximum Gasteiger partial charge on any atom is 0.251 e. The molecule has 0 unspecified atom stereocenters. The molecule has 1 aromatic rings. The molecule has 128 valence electrons. The predicted molar refractivity (Wildman–Crippen MR) is 91.9 cm³/mol. The van der Waals surface area contributed by atoms with Crippen molar-refractivity contribution in [2.75, 3.05) is 13.7 Å². The van der Waals surface area contributed by atoms with E-state index in [1.165, 1.54) is 32.1 Å². The van der Waals surface area contributed by atoms with Crippen LogP contribution < -0.4 is 10.1 Å². The van der Waals surface area contributed by atoms with E-state index in [9.17, 15) is 4.79 Å². The summed E-state index contributed by atoms with van der Waals surface area (Å²) >= 11 is 0. The van der Waals surface area contributed by atoms with Crippen LogP contribution in [0.15, 0.2) is 18.2 Å². The first kappa shape index (κ1) is 17.8.